The summed E-state index contributed by atoms with van der Waals surface area (Å²) in [5, 5.41) is 9.18. The number of esters is 1. The fourth-order valence-electron chi connectivity index (χ4n) is 1.12. The zero-order valence-corrected chi connectivity index (χ0v) is 7.44. The molecule has 0 spiro atoms. The van der Waals surface area contributed by atoms with Crippen molar-refractivity contribution in [3.05, 3.63) is 0 Å². The standard InChI is InChI=1S/C8H15NO4/c9-3-1-7(10)8(11)13-6-2-4-12-5-6/h6-7,10H,1-5,9H2. The summed E-state index contributed by atoms with van der Waals surface area (Å²) in [5.74, 6) is -0.596. The second-order valence-corrected chi connectivity index (χ2v) is 3.02. The van der Waals surface area contributed by atoms with E-state index in [1.54, 1.807) is 0 Å². The molecule has 0 radical (unpaired) electrons. The lowest BCUT2D eigenvalue weighted by atomic mass is 10.2. The third-order valence-electron chi connectivity index (χ3n) is 1.88. The zero-order valence-electron chi connectivity index (χ0n) is 7.44. The third kappa shape index (κ3) is 3.30. The van der Waals surface area contributed by atoms with Gasteiger partial charge in [-0.05, 0) is 13.0 Å². The zero-order chi connectivity index (χ0) is 9.68. The Kier molecular flexibility index (Phi) is 4.14. The predicted octanol–water partition coefficient (Wildman–Crippen LogP) is -0.972. The number of aliphatic hydroxyl groups is 1. The fourth-order valence-corrected chi connectivity index (χ4v) is 1.12. The molecule has 0 bridgehead atoms. The van der Waals surface area contributed by atoms with Crippen molar-refractivity contribution in [2.45, 2.75) is 25.0 Å². The Bertz CT molecular complexity index is 168. The predicted molar refractivity (Wildman–Crippen MR) is 45.0 cm³/mol. The van der Waals surface area contributed by atoms with Crippen LogP contribution in [0.15, 0.2) is 0 Å². The summed E-state index contributed by atoms with van der Waals surface area (Å²) in [6.45, 7) is 1.32. The lowest BCUT2D eigenvalue weighted by molar-refractivity contribution is -0.159. The molecule has 0 amide bonds. The van der Waals surface area contributed by atoms with E-state index in [1.165, 1.54) is 0 Å². The number of hydrogen-bond acceptors (Lipinski definition) is 5. The first kappa shape index (κ1) is 10.4. The highest BCUT2D eigenvalue weighted by Crippen LogP contribution is 2.09. The maximum atomic E-state index is 11.1. The van der Waals surface area contributed by atoms with Crippen LogP contribution in [-0.4, -0.2) is 43.0 Å². The van der Waals surface area contributed by atoms with E-state index in [9.17, 15) is 9.90 Å². The summed E-state index contributed by atoms with van der Waals surface area (Å²) in [6, 6.07) is 0. The van der Waals surface area contributed by atoms with E-state index in [1.807, 2.05) is 0 Å². The van der Waals surface area contributed by atoms with Crippen molar-refractivity contribution in [1.29, 1.82) is 0 Å². The molecule has 5 heteroatoms. The molecule has 5 nitrogen and oxygen atoms in total. The average molecular weight is 189 g/mol. The van der Waals surface area contributed by atoms with Crippen LogP contribution in [0.3, 0.4) is 0 Å². The van der Waals surface area contributed by atoms with Gasteiger partial charge in [0.05, 0.1) is 13.2 Å². The molecule has 1 heterocycles. The van der Waals surface area contributed by atoms with Gasteiger partial charge in [0.2, 0.25) is 0 Å². The number of carbonyl (C=O) groups is 1. The third-order valence-corrected chi connectivity index (χ3v) is 1.88. The highest BCUT2D eigenvalue weighted by Gasteiger charge is 2.23. The molecule has 1 saturated heterocycles. The Balaban J connectivity index is 2.22. The van der Waals surface area contributed by atoms with E-state index in [0.29, 0.717) is 19.6 Å². The molecule has 1 fully saturated rings. The normalized spacial score (nSPS) is 24.3. The van der Waals surface area contributed by atoms with Gasteiger partial charge in [0, 0.05) is 6.42 Å². The summed E-state index contributed by atoms with van der Waals surface area (Å²) in [5.41, 5.74) is 5.18. The van der Waals surface area contributed by atoms with Gasteiger partial charge < -0.3 is 20.3 Å². The number of nitrogens with two attached hydrogens (primary N) is 1. The highest BCUT2D eigenvalue weighted by molar-refractivity contribution is 5.74. The molecule has 1 aliphatic heterocycles. The van der Waals surface area contributed by atoms with Crippen LogP contribution in [0.1, 0.15) is 12.8 Å². The number of rotatable bonds is 4. The van der Waals surface area contributed by atoms with Crippen molar-refractivity contribution in [2.24, 2.45) is 5.73 Å². The van der Waals surface area contributed by atoms with Crippen LogP contribution in [0.4, 0.5) is 0 Å². The minimum absolute atomic E-state index is 0.195. The molecule has 0 aromatic rings. The molecule has 2 unspecified atom stereocenters. The summed E-state index contributed by atoms with van der Waals surface area (Å²) >= 11 is 0. The largest absolute Gasteiger partial charge is 0.458 e. The van der Waals surface area contributed by atoms with Crippen LogP contribution in [0.2, 0.25) is 0 Å². The van der Waals surface area contributed by atoms with Gasteiger partial charge in [-0.1, -0.05) is 0 Å². The molecule has 0 aromatic heterocycles. The van der Waals surface area contributed by atoms with Gasteiger partial charge in [0.15, 0.2) is 6.10 Å². The maximum absolute atomic E-state index is 11.1. The Labute approximate surface area is 76.8 Å². The van der Waals surface area contributed by atoms with E-state index in [4.69, 9.17) is 15.2 Å². The van der Waals surface area contributed by atoms with Crippen LogP contribution in [0, 0.1) is 0 Å². The van der Waals surface area contributed by atoms with Crippen molar-refractivity contribution in [3.8, 4) is 0 Å². The van der Waals surface area contributed by atoms with Crippen molar-refractivity contribution in [2.75, 3.05) is 19.8 Å². The molecule has 1 rings (SSSR count). The Morgan fingerprint density at radius 1 is 1.77 bits per heavy atom. The first-order valence-electron chi connectivity index (χ1n) is 4.40. The van der Waals surface area contributed by atoms with Crippen molar-refractivity contribution in [1.82, 2.24) is 0 Å². The van der Waals surface area contributed by atoms with E-state index < -0.39 is 12.1 Å². The summed E-state index contributed by atoms with van der Waals surface area (Å²) in [7, 11) is 0. The van der Waals surface area contributed by atoms with Crippen LogP contribution >= 0.6 is 0 Å². The van der Waals surface area contributed by atoms with E-state index in [0.717, 1.165) is 0 Å². The molecule has 13 heavy (non-hydrogen) atoms. The van der Waals surface area contributed by atoms with Crippen LogP contribution in [-0.2, 0) is 14.3 Å². The fraction of sp³-hybridized carbons (Fsp3) is 0.875. The van der Waals surface area contributed by atoms with E-state index in [-0.39, 0.29) is 19.1 Å². The maximum Gasteiger partial charge on any atom is 0.335 e. The number of hydrogen-bond donors (Lipinski definition) is 2. The van der Waals surface area contributed by atoms with Crippen molar-refractivity contribution in [3.63, 3.8) is 0 Å². The van der Waals surface area contributed by atoms with Gasteiger partial charge in [0.25, 0.3) is 0 Å². The lowest BCUT2D eigenvalue weighted by Crippen LogP contribution is -2.29. The Morgan fingerprint density at radius 3 is 3.08 bits per heavy atom. The SMILES string of the molecule is NCCC(O)C(=O)OC1CCOC1. The second-order valence-electron chi connectivity index (χ2n) is 3.02. The van der Waals surface area contributed by atoms with E-state index in [2.05, 4.69) is 0 Å². The van der Waals surface area contributed by atoms with Gasteiger partial charge in [-0.15, -0.1) is 0 Å². The molecular weight excluding hydrogens is 174 g/mol. The lowest BCUT2D eigenvalue weighted by Gasteiger charge is -2.13. The van der Waals surface area contributed by atoms with Crippen molar-refractivity contribution < 1.29 is 19.4 Å². The Hall–Kier alpha value is -0.650. The molecule has 0 aromatic carbocycles. The first-order valence-corrected chi connectivity index (χ1v) is 4.40. The monoisotopic (exact) mass is 189 g/mol. The van der Waals surface area contributed by atoms with Crippen LogP contribution in [0.5, 0.6) is 0 Å². The molecule has 76 valence electrons. The molecule has 0 aliphatic carbocycles. The van der Waals surface area contributed by atoms with E-state index >= 15 is 0 Å². The number of ether oxygens (including phenoxy) is 2. The topological polar surface area (TPSA) is 81.8 Å². The highest BCUT2D eigenvalue weighted by atomic mass is 16.6. The first-order chi connectivity index (χ1) is 6.24. The van der Waals surface area contributed by atoms with Crippen LogP contribution in [0.25, 0.3) is 0 Å². The van der Waals surface area contributed by atoms with Crippen molar-refractivity contribution >= 4 is 5.97 Å². The Morgan fingerprint density at radius 2 is 2.54 bits per heavy atom. The van der Waals surface area contributed by atoms with Gasteiger partial charge in [0.1, 0.15) is 6.10 Å². The van der Waals surface area contributed by atoms with Gasteiger partial charge in [-0.25, -0.2) is 4.79 Å². The number of carbonyl (C=O) groups excluding carboxylic acids is 1. The summed E-state index contributed by atoms with van der Waals surface area (Å²) < 4.78 is 9.97. The smallest absolute Gasteiger partial charge is 0.335 e. The summed E-state index contributed by atoms with van der Waals surface area (Å²) in [4.78, 5) is 11.1. The molecule has 1 aliphatic rings. The molecular formula is C8H15NO4. The number of aliphatic hydroxyl groups excluding tert-OH is 1. The summed E-state index contributed by atoms with van der Waals surface area (Å²) in [6.07, 6.45) is -0.335. The van der Waals surface area contributed by atoms with Gasteiger partial charge >= 0.3 is 5.97 Å². The van der Waals surface area contributed by atoms with Gasteiger partial charge in [-0.3, -0.25) is 0 Å². The molecule has 3 N–H and O–H groups in total. The minimum atomic E-state index is -1.09. The quantitative estimate of drug-likeness (QED) is 0.556. The second kappa shape index (κ2) is 5.16. The van der Waals surface area contributed by atoms with Crippen LogP contribution < -0.4 is 5.73 Å². The molecule has 0 saturated carbocycles. The average Bonchev–Trinajstić information content (AvgIpc) is 2.57. The van der Waals surface area contributed by atoms with Gasteiger partial charge in [-0.2, -0.15) is 0 Å². The minimum Gasteiger partial charge on any atom is -0.458 e. The molecule has 2 atom stereocenters.